The van der Waals surface area contributed by atoms with Gasteiger partial charge in [-0.2, -0.15) is 9.97 Å². The highest BCUT2D eigenvalue weighted by Gasteiger charge is 2.25. The van der Waals surface area contributed by atoms with Crippen molar-refractivity contribution in [1.82, 2.24) is 15.3 Å². The van der Waals surface area contributed by atoms with Crippen LogP contribution in [-0.2, 0) is 4.74 Å². The Kier molecular flexibility index (Phi) is 6.70. The predicted octanol–water partition coefficient (Wildman–Crippen LogP) is 2.49. The first-order valence-corrected chi connectivity index (χ1v) is 10.4. The maximum absolute atomic E-state index is 5.49. The van der Waals surface area contributed by atoms with E-state index >= 15 is 0 Å². The Morgan fingerprint density at radius 2 is 1.70 bits per heavy atom. The molecular weight excluding hydrogens is 360 g/mol. The second-order valence-corrected chi connectivity index (χ2v) is 8.52. The molecule has 27 heavy (non-hydrogen) atoms. The van der Waals surface area contributed by atoms with Gasteiger partial charge in [-0.05, 0) is 44.3 Å². The summed E-state index contributed by atoms with van der Waals surface area (Å²) in [5.74, 6) is 3.79. The minimum atomic E-state index is 0.260. The quantitative estimate of drug-likeness (QED) is 0.758. The summed E-state index contributed by atoms with van der Waals surface area (Å²) in [5, 5.41) is 6.92. The van der Waals surface area contributed by atoms with E-state index in [1.54, 1.807) is 0 Å². The molecule has 0 aromatic carbocycles. The average molecular weight is 393 g/mol. The normalized spacial score (nSPS) is 23.4. The van der Waals surface area contributed by atoms with Crippen molar-refractivity contribution in [2.45, 2.75) is 40.2 Å². The van der Waals surface area contributed by atoms with Gasteiger partial charge in [0.1, 0.15) is 11.6 Å². The van der Waals surface area contributed by atoms with Gasteiger partial charge in [0, 0.05) is 38.3 Å². The van der Waals surface area contributed by atoms with Crippen molar-refractivity contribution in [3.8, 4) is 0 Å². The summed E-state index contributed by atoms with van der Waals surface area (Å²) >= 11 is 5.40. The molecule has 2 unspecified atom stereocenters. The lowest BCUT2D eigenvalue weighted by molar-refractivity contribution is 0.122. The summed E-state index contributed by atoms with van der Waals surface area (Å²) in [6.07, 6.45) is 1.27. The molecule has 2 atom stereocenters. The van der Waals surface area contributed by atoms with E-state index in [4.69, 9.17) is 26.9 Å². The van der Waals surface area contributed by atoms with E-state index in [0.717, 1.165) is 51.0 Å². The summed E-state index contributed by atoms with van der Waals surface area (Å²) in [4.78, 5) is 14.2. The van der Waals surface area contributed by atoms with Gasteiger partial charge in [0.2, 0.25) is 5.95 Å². The summed E-state index contributed by atoms with van der Waals surface area (Å²) in [7, 11) is 0. The average Bonchev–Trinajstić information content (AvgIpc) is 2.60. The molecule has 3 heterocycles. The Morgan fingerprint density at radius 3 is 2.30 bits per heavy atom. The number of piperidine rings is 1. The second-order valence-electron chi connectivity index (χ2n) is 8.11. The molecule has 1 aromatic heterocycles. The van der Waals surface area contributed by atoms with Crippen LogP contribution >= 0.6 is 12.2 Å². The zero-order valence-electron chi connectivity index (χ0n) is 16.9. The summed E-state index contributed by atoms with van der Waals surface area (Å²) in [6.45, 7) is 13.9. The predicted molar refractivity (Wildman–Crippen MR) is 115 cm³/mol. The molecule has 3 rings (SSSR count). The molecule has 7 nitrogen and oxygen atoms in total. The Balaban J connectivity index is 1.86. The van der Waals surface area contributed by atoms with Gasteiger partial charge in [0.25, 0.3) is 0 Å². The van der Waals surface area contributed by atoms with Gasteiger partial charge in [0.15, 0.2) is 5.11 Å². The highest BCUT2D eigenvalue weighted by atomic mass is 32.1. The lowest BCUT2D eigenvalue weighted by Gasteiger charge is -2.36. The Bertz CT molecular complexity index is 639. The van der Waals surface area contributed by atoms with Gasteiger partial charge in [-0.1, -0.05) is 13.8 Å². The van der Waals surface area contributed by atoms with Gasteiger partial charge in [0.05, 0.1) is 13.2 Å². The topological polar surface area (TPSA) is 65.6 Å². The number of anilines is 3. The molecule has 0 saturated carbocycles. The number of hydrogen-bond acceptors (Lipinski definition) is 6. The third-order valence-electron chi connectivity index (χ3n) is 4.87. The van der Waals surface area contributed by atoms with E-state index < -0.39 is 0 Å². The maximum atomic E-state index is 5.49. The molecule has 2 N–H and O–H groups in total. The zero-order valence-corrected chi connectivity index (χ0v) is 17.7. The third-order valence-corrected chi connectivity index (χ3v) is 5.09. The van der Waals surface area contributed by atoms with Crippen molar-refractivity contribution in [2.24, 2.45) is 11.8 Å². The molecule has 1 aromatic rings. The Hall–Kier alpha value is -1.67. The standard InChI is InChI=1S/C19H32N6OS/c1-13(2)20-19(27)23-18-21-16(24-5-7-26-8-6-24)10-17(22-18)25-11-14(3)9-15(4)12-25/h10,13-15H,5-9,11-12H2,1-4H3,(H2,20,21,22,23,27). The highest BCUT2D eigenvalue weighted by Crippen LogP contribution is 2.28. The van der Waals surface area contributed by atoms with Crippen LogP contribution in [0.1, 0.15) is 34.1 Å². The van der Waals surface area contributed by atoms with Gasteiger partial charge in [-0.25, -0.2) is 0 Å². The molecule has 150 valence electrons. The van der Waals surface area contributed by atoms with E-state index in [0.29, 0.717) is 22.9 Å². The molecule has 0 radical (unpaired) electrons. The monoisotopic (exact) mass is 392 g/mol. The lowest BCUT2D eigenvalue weighted by Crippen LogP contribution is -2.40. The second kappa shape index (κ2) is 9.01. The fourth-order valence-electron chi connectivity index (χ4n) is 3.84. The van der Waals surface area contributed by atoms with Crippen LogP contribution in [0.25, 0.3) is 0 Å². The van der Waals surface area contributed by atoms with Crippen LogP contribution in [0.4, 0.5) is 17.6 Å². The van der Waals surface area contributed by atoms with Crippen LogP contribution in [0.5, 0.6) is 0 Å². The number of thiocarbonyl (C=S) groups is 1. The molecule has 0 spiro atoms. The van der Waals surface area contributed by atoms with Crippen LogP contribution in [0, 0.1) is 11.8 Å². The lowest BCUT2D eigenvalue weighted by atomic mass is 9.92. The van der Waals surface area contributed by atoms with Gasteiger partial charge < -0.3 is 25.2 Å². The smallest absolute Gasteiger partial charge is 0.232 e. The van der Waals surface area contributed by atoms with Crippen LogP contribution in [0.3, 0.4) is 0 Å². The molecule has 2 aliphatic rings. The van der Waals surface area contributed by atoms with Gasteiger partial charge >= 0.3 is 0 Å². The minimum Gasteiger partial charge on any atom is -0.378 e. The summed E-state index contributed by atoms with van der Waals surface area (Å²) in [6, 6.07) is 2.37. The Labute approximate surface area is 167 Å². The molecule has 0 amide bonds. The fraction of sp³-hybridized carbons (Fsp3) is 0.737. The van der Waals surface area contributed by atoms with Crippen molar-refractivity contribution in [1.29, 1.82) is 0 Å². The molecule has 2 fully saturated rings. The number of nitrogens with zero attached hydrogens (tertiary/aromatic N) is 4. The fourth-order valence-corrected chi connectivity index (χ4v) is 4.17. The number of ether oxygens (including phenoxy) is 1. The van der Waals surface area contributed by atoms with Gasteiger partial charge in [-0.15, -0.1) is 0 Å². The zero-order chi connectivity index (χ0) is 19.4. The first kappa shape index (κ1) is 20.1. The van der Waals surface area contributed by atoms with Crippen LogP contribution in [0.15, 0.2) is 6.07 Å². The highest BCUT2D eigenvalue weighted by molar-refractivity contribution is 7.80. The largest absolute Gasteiger partial charge is 0.378 e. The minimum absolute atomic E-state index is 0.260. The third kappa shape index (κ3) is 5.65. The Morgan fingerprint density at radius 1 is 1.11 bits per heavy atom. The molecule has 0 aliphatic carbocycles. The van der Waals surface area contributed by atoms with Crippen LogP contribution in [-0.4, -0.2) is 60.5 Å². The van der Waals surface area contributed by atoms with Crippen molar-refractivity contribution in [2.75, 3.05) is 54.5 Å². The van der Waals surface area contributed by atoms with E-state index in [1.165, 1.54) is 6.42 Å². The molecule has 2 aliphatic heterocycles. The molecule has 0 bridgehead atoms. The number of rotatable bonds is 4. The van der Waals surface area contributed by atoms with E-state index in [2.05, 4.69) is 54.2 Å². The molecule has 2 saturated heterocycles. The van der Waals surface area contributed by atoms with E-state index in [9.17, 15) is 0 Å². The van der Waals surface area contributed by atoms with Crippen molar-refractivity contribution >= 4 is 34.9 Å². The number of nitrogens with one attached hydrogen (secondary N) is 2. The number of morpholine rings is 1. The number of aromatic nitrogens is 2. The maximum Gasteiger partial charge on any atom is 0.232 e. The van der Waals surface area contributed by atoms with E-state index in [1.807, 2.05) is 0 Å². The SMILES string of the molecule is CC1CC(C)CN(c2cc(N3CCOCC3)nc(NC(=S)NC(C)C)n2)C1. The molecular formula is C19H32N6OS. The van der Waals surface area contributed by atoms with Crippen molar-refractivity contribution < 1.29 is 4.74 Å². The number of hydrogen-bond donors (Lipinski definition) is 2. The summed E-state index contributed by atoms with van der Waals surface area (Å²) in [5.41, 5.74) is 0. The first-order valence-electron chi connectivity index (χ1n) is 9.95. The van der Waals surface area contributed by atoms with Crippen LogP contribution in [0.2, 0.25) is 0 Å². The summed E-state index contributed by atoms with van der Waals surface area (Å²) < 4.78 is 5.49. The van der Waals surface area contributed by atoms with Crippen molar-refractivity contribution in [3.05, 3.63) is 6.07 Å². The van der Waals surface area contributed by atoms with E-state index in [-0.39, 0.29) is 6.04 Å². The van der Waals surface area contributed by atoms with Crippen molar-refractivity contribution in [3.63, 3.8) is 0 Å². The van der Waals surface area contributed by atoms with Crippen LogP contribution < -0.4 is 20.4 Å². The van der Waals surface area contributed by atoms with Gasteiger partial charge in [-0.3, -0.25) is 0 Å². The molecule has 8 heteroatoms. The first-order chi connectivity index (χ1) is 12.9.